The highest BCUT2D eigenvalue weighted by atomic mass is 16.5. The number of aliphatic hydroxyl groups excluding tert-OH is 1. The molecule has 74 valence electrons. The second-order valence-electron chi connectivity index (χ2n) is 3.54. The Kier molecular flexibility index (Phi) is 3.03. The number of hydrogen-bond acceptors (Lipinski definition) is 4. The fourth-order valence-electron chi connectivity index (χ4n) is 1.82. The monoisotopic (exact) mass is 186 g/mol. The zero-order chi connectivity index (χ0) is 10.0. The number of methoxy groups -OCH3 is 1. The molecule has 0 aromatic heterocycles. The molecule has 0 spiro atoms. The summed E-state index contributed by atoms with van der Waals surface area (Å²) in [7, 11) is 1.27. The first-order chi connectivity index (χ1) is 6.06. The zero-order valence-corrected chi connectivity index (χ0v) is 7.82. The van der Waals surface area contributed by atoms with E-state index in [1.807, 2.05) is 0 Å². The van der Waals surface area contributed by atoms with E-state index in [0.717, 1.165) is 0 Å². The van der Waals surface area contributed by atoms with Crippen LogP contribution in [-0.4, -0.2) is 30.1 Å². The molecule has 0 aromatic carbocycles. The van der Waals surface area contributed by atoms with Gasteiger partial charge in [0.15, 0.2) is 0 Å². The minimum Gasteiger partial charge on any atom is -0.468 e. The van der Waals surface area contributed by atoms with Gasteiger partial charge in [-0.15, -0.1) is 0 Å². The van der Waals surface area contributed by atoms with Crippen molar-refractivity contribution in [2.24, 2.45) is 11.8 Å². The fourth-order valence-corrected chi connectivity index (χ4v) is 1.82. The van der Waals surface area contributed by atoms with E-state index >= 15 is 0 Å². The second kappa shape index (κ2) is 3.87. The third kappa shape index (κ3) is 2.06. The van der Waals surface area contributed by atoms with Crippen molar-refractivity contribution in [1.82, 2.24) is 0 Å². The number of carbonyl (C=O) groups is 2. The minimum atomic E-state index is -0.673. The Hall–Kier alpha value is -0.900. The van der Waals surface area contributed by atoms with Gasteiger partial charge in [0.2, 0.25) is 0 Å². The summed E-state index contributed by atoms with van der Waals surface area (Å²) in [5, 5.41) is 9.25. The lowest BCUT2D eigenvalue weighted by molar-refractivity contribution is -0.154. The molecule has 13 heavy (non-hydrogen) atoms. The normalized spacial score (nSPS) is 34.4. The molecule has 1 N–H and O–H groups in total. The van der Waals surface area contributed by atoms with Crippen LogP contribution < -0.4 is 0 Å². The summed E-state index contributed by atoms with van der Waals surface area (Å²) in [5.74, 6) is -1.49. The SMILES string of the molecule is COC(=O)C1C(=O)CC(O)CC1C. The molecule has 1 aliphatic rings. The number of hydrogen-bond donors (Lipinski definition) is 1. The Morgan fingerprint density at radius 3 is 2.69 bits per heavy atom. The number of ketones is 1. The standard InChI is InChI=1S/C9H14O4/c1-5-3-6(10)4-7(11)8(5)9(12)13-2/h5-6,8,10H,3-4H2,1-2H3. The maximum Gasteiger partial charge on any atom is 0.316 e. The van der Waals surface area contributed by atoms with Crippen molar-refractivity contribution in [1.29, 1.82) is 0 Å². The van der Waals surface area contributed by atoms with Crippen LogP contribution in [0, 0.1) is 11.8 Å². The van der Waals surface area contributed by atoms with Crippen LogP contribution in [0.25, 0.3) is 0 Å². The highest BCUT2D eigenvalue weighted by Gasteiger charge is 2.38. The van der Waals surface area contributed by atoms with Gasteiger partial charge in [0.05, 0.1) is 13.2 Å². The van der Waals surface area contributed by atoms with Crippen molar-refractivity contribution in [2.45, 2.75) is 25.9 Å². The van der Waals surface area contributed by atoms with Crippen LogP contribution in [-0.2, 0) is 14.3 Å². The van der Waals surface area contributed by atoms with E-state index in [2.05, 4.69) is 4.74 Å². The molecule has 1 aliphatic carbocycles. The third-order valence-corrected chi connectivity index (χ3v) is 2.45. The average Bonchev–Trinajstić information content (AvgIpc) is 2.02. The van der Waals surface area contributed by atoms with Gasteiger partial charge in [0, 0.05) is 6.42 Å². The van der Waals surface area contributed by atoms with Gasteiger partial charge >= 0.3 is 5.97 Å². The highest BCUT2D eigenvalue weighted by molar-refractivity contribution is 6.00. The van der Waals surface area contributed by atoms with E-state index in [0.29, 0.717) is 6.42 Å². The summed E-state index contributed by atoms with van der Waals surface area (Å²) in [6.45, 7) is 1.78. The molecule has 0 heterocycles. The lowest BCUT2D eigenvalue weighted by Gasteiger charge is -2.28. The van der Waals surface area contributed by atoms with E-state index in [9.17, 15) is 14.7 Å². The van der Waals surface area contributed by atoms with Crippen molar-refractivity contribution >= 4 is 11.8 Å². The summed E-state index contributed by atoms with van der Waals surface area (Å²) in [5.41, 5.74) is 0. The number of ether oxygens (including phenoxy) is 1. The molecule has 4 heteroatoms. The smallest absolute Gasteiger partial charge is 0.316 e. The molecule has 0 radical (unpaired) electrons. The number of esters is 1. The first-order valence-electron chi connectivity index (χ1n) is 4.35. The first-order valence-corrected chi connectivity index (χ1v) is 4.35. The quantitative estimate of drug-likeness (QED) is 0.467. The molecule has 3 unspecified atom stereocenters. The van der Waals surface area contributed by atoms with Gasteiger partial charge in [0.1, 0.15) is 11.7 Å². The Labute approximate surface area is 76.9 Å². The Bertz CT molecular complexity index is 224. The van der Waals surface area contributed by atoms with Gasteiger partial charge in [-0.1, -0.05) is 6.92 Å². The van der Waals surface area contributed by atoms with Crippen LogP contribution in [0.15, 0.2) is 0 Å². The largest absolute Gasteiger partial charge is 0.468 e. The summed E-state index contributed by atoms with van der Waals surface area (Å²) < 4.78 is 4.52. The number of rotatable bonds is 1. The van der Waals surface area contributed by atoms with E-state index < -0.39 is 18.0 Å². The van der Waals surface area contributed by atoms with Gasteiger partial charge in [0.25, 0.3) is 0 Å². The maximum absolute atomic E-state index is 11.4. The molecule has 0 saturated heterocycles. The first kappa shape index (κ1) is 10.2. The lowest BCUT2D eigenvalue weighted by Crippen LogP contribution is -2.39. The summed E-state index contributed by atoms with van der Waals surface area (Å²) in [4.78, 5) is 22.5. The maximum atomic E-state index is 11.4. The van der Waals surface area contributed by atoms with E-state index in [1.165, 1.54) is 7.11 Å². The summed E-state index contributed by atoms with van der Waals surface area (Å²) >= 11 is 0. The summed E-state index contributed by atoms with van der Waals surface area (Å²) in [6, 6.07) is 0. The molecule has 1 saturated carbocycles. The van der Waals surface area contributed by atoms with Crippen molar-refractivity contribution in [3.05, 3.63) is 0 Å². The predicted molar refractivity (Wildman–Crippen MR) is 44.9 cm³/mol. The second-order valence-corrected chi connectivity index (χ2v) is 3.54. The number of aliphatic hydroxyl groups is 1. The van der Waals surface area contributed by atoms with Crippen LogP contribution >= 0.6 is 0 Å². The number of Topliss-reactive ketones (excluding diaryl/α,β-unsaturated/α-hetero) is 1. The van der Waals surface area contributed by atoms with Crippen LogP contribution in [0.3, 0.4) is 0 Å². The molecule has 0 amide bonds. The van der Waals surface area contributed by atoms with E-state index in [4.69, 9.17) is 0 Å². The number of carbonyl (C=O) groups excluding carboxylic acids is 2. The van der Waals surface area contributed by atoms with Crippen LogP contribution in [0.1, 0.15) is 19.8 Å². The predicted octanol–water partition coefficient (Wildman–Crippen LogP) is 0.135. The molecule has 0 bridgehead atoms. The fraction of sp³-hybridized carbons (Fsp3) is 0.778. The van der Waals surface area contributed by atoms with Gasteiger partial charge in [-0.3, -0.25) is 9.59 Å². The molecule has 0 aliphatic heterocycles. The van der Waals surface area contributed by atoms with Crippen molar-refractivity contribution in [2.75, 3.05) is 7.11 Å². The van der Waals surface area contributed by atoms with Crippen molar-refractivity contribution < 1.29 is 19.4 Å². The van der Waals surface area contributed by atoms with Crippen molar-refractivity contribution in [3.63, 3.8) is 0 Å². The van der Waals surface area contributed by atoms with Crippen LogP contribution in [0.4, 0.5) is 0 Å². The third-order valence-electron chi connectivity index (χ3n) is 2.45. The lowest BCUT2D eigenvalue weighted by atomic mass is 9.78. The van der Waals surface area contributed by atoms with Gasteiger partial charge < -0.3 is 9.84 Å². The Balaban J connectivity index is 2.72. The van der Waals surface area contributed by atoms with Crippen LogP contribution in [0.5, 0.6) is 0 Å². The summed E-state index contributed by atoms with van der Waals surface area (Å²) in [6.07, 6.45) is -0.0290. The Morgan fingerprint density at radius 1 is 1.62 bits per heavy atom. The van der Waals surface area contributed by atoms with Gasteiger partial charge in [-0.05, 0) is 12.3 Å². The minimum absolute atomic E-state index is 0.0735. The van der Waals surface area contributed by atoms with E-state index in [1.54, 1.807) is 6.92 Å². The van der Waals surface area contributed by atoms with Crippen molar-refractivity contribution in [3.8, 4) is 0 Å². The van der Waals surface area contributed by atoms with Gasteiger partial charge in [-0.25, -0.2) is 0 Å². The molecule has 0 aromatic rings. The molecule has 4 nitrogen and oxygen atoms in total. The molecular weight excluding hydrogens is 172 g/mol. The molecule has 1 fully saturated rings. The molecule has 3 atom stereocenters. The average molecular weight is 186 g/mol. The molecular formula is C9H14O4. The topological polar surface area (TPSA) is 63.6 Å². The Morgan fingerprint density at radius 2 is 2.23 bits per heavy atom. The van der Waals surface area contributed by atoms with Crippen LogP contribution in [0.2, 0.25) is 0 Å². The molecule has 1 rings (SSSR count). The highest BCUT2D eigenvalue weighted by Crippen LogP contribution is 2.27. The zero-order valence-electron chi connectivity index (χ0n) is 7.82. The van der Waals surface area contributed by atoms with E-state index in [-0.39, 0.29) is 18.1 Å². The van der Waals surface area contributed by atoms with Gasteiger partial charge in [-0.2, -0.15) is 0 Å².